The zero-order valence-electron chi connectivity index (χ0n) is 14.1. The minimum atomic E-state index is -3.72. The predicted molar refractivity (Wildman–Crippen MR) is 89.7 cm³/mol. The van der Waals surface area contributed by atoms with Gasteiger partial charge in [0, 0.05) is 13.1 Å². The van der Waals surface area contributed by atoms with E-state index in [0.29, 0.717) is 25.1 Å². The molecule has 8 nitrogen and oxygen atoms in total. The highest BCUT2D eigenvalue weighted by Crippen LogP contribution is 2.25. The Morgan fingerprint density at radius 3 is 2.52 bits per heavy atom. The van der Waals surface area contributed by atoms with Crippen molar-refractivity contribution in [2.75, 3.05) is 20.2 Å². The first-order valence-corrected chi connectivity index (χ1v) is 9.37. The second-order valence-corrected chi connectivity index (χ2v) is 7.88. The van der Waals surface area contributed by atoms with E-state index < -0.39 is 33.9 Å². The lowest BCUT2D eigenvalue weighted by Gasteiger charge is -2.31. The average molecular weight is 370 g/mol. The van der Waals surface area contributed by atoms with E-state index in [4.69, 9.17) is 9.84 Å². The quantitative estimate of drug-likeness (QED) is 0.762. The molecule has 0 aliphatic carbocycles. The first-order valence-electron chi connectivity index (χ1n) is 7.93. The van der Waals surface area contributed by atoms with Gasteiger partial charge in [0.2, 0.25) is 15.9 Å². The van der Waals surface area contributed by atoms with Crippen molar-refractivity contribution in [3.63, 3.8) is 0 Å². The number of ether oxygens (including phenoxy) is 1. The van der Waals surface area contributed by atoms with Gasteiger partial charge in [-0.15, -0.1) is 0 Å². The second kappa shape index (κ2) is 7.83. The Morgan fingerprint density at radius 1 is 1.32 bits per heavy atom. The molecule has 2 atom stereocenters. The van der Waals surface area contributed by atoms with Crippen LogP contribution < -0.4 is 10.1 Å². The molecule has 0 saturated carbocycles. The molecule has 0 spiro atoms. The van der Waals surface area contributed by atoms with Gasteiger partial charge in [-0.05, 0) is 44.0 Å². The van der Waals surface area contributed by atoms with Crippen molar-refractivity contribution < 1.29 is 27.9 Å². The molecule has 1 saturated heterocycles. The maximum Gasteiger partial charge on any atom is 0.325 e. The topological polar surface area (TPSA) is 113 Å². The van der Waals surface area contributed by atoms with Crippen LogP contribution in [0.2, 0.25) is 0 Å². The van der Waals surface area contributed by atoms with Crippen molar-refractivity contribution in [1.29, 1.82) is 0 Å². The first kappa shape index (κ1) is 19.2. The molecular formula is C16H22N2O6S. The zero-order chi connectivity index (χ0) is 18.6. The van der Waals surface area contributed by atoms with Gasteiger partial charge in [-0.3, -0.25) is 9.59 Å². The maximum absolute atomic E-state index is 12.7. The van der Waals surface area contributed by atoms with Gasteiger partial charge in [-0.25, -0.2) is 8.42 Å². The normalized spacial score (nSPS) is 19.8. The fraction of sp³-hybridized carbons (Fsp3) is 0.500. The van der Waals surface area contributed by atoms with Gasteiger partial charge in [0.25, 0.3) is 0 Å². The van der Waals surface area contributed by atoms with E-state index in [-0.39, 0.29) is 11.4 Å². The van der Waals surface area contributed by atoms with E-state index in [2.05, 4.69) is 5.32 Å². The molecule has 0 bridgehead atoms. The Morgan fingerprint density at radius 2 is 1.96 bits per heavy atom. The van der Waals surface area contributed by atoms with Crippen molar-refractivity contribution in [3.8, 4) is 5.75 Å². The van der Waals surface area contributed by atoms with Crippen LogP contribution in [-0.4, -0.2) is 55.9 Å². The van der Waals surface area contributed by atoms with Crippen molar-refractivity contribution in [1.82, 2.24) is 9.62 Å². The predicted octanol–water partition coefficient (Wildman–Crippen LogP) is 0.685. The number of nitrogens with zero attached hydrogens (tertiary/aromatic N) is 1. The lowest BCUT2D eigenvalue weighted by molar-refractivity contribution is -0.142. The molecule has 9 heteroatoms. The molecule has 0 radical (unpaired) electrons. The molecule has 25 heavy (non-hydrogen) atoms. The average Bonchev–Trinajstić information content (AvgIpc) is 2.61. The third-order valence-electron chi connectivity index (χ3n) is 4.18. The Kier molecular flexibility index (Phi) is 6.02. The van der Waals surface area contributed by atoms with Crippen molar-refractivity contribution >= 4 is 21.9 Å². The molecule has 0 aromatic heterocycles. The monoisotopic (exact) mass is 370 g/mol. The minimum Gasteiger partial charge on any atom is -0.497 e. The molecular weight excluding hydrogens is 348 g/mol. The number of carbonyl (C=O) groups is 2. The third-order valence-corrected chi connectivity index (χ3v) is 6.06. The van der Waals surface area contributed by atoms with Crippen LogP contribution in [0, 0.1) is 5.92 Å². The fourth-order valence-corrected chi connectivity index (χ4v) is 4.19. The summed E-state index contributed by atoms with van der Waals surface area (Å²) in [5.74, 6) is -1.59. The molecule has 1 amide bonds. The summed E-state index contributed by atoms with van der Waals surface area (Å²) in [4.78, 5) is 23.2. The molecule has 1 aromatic carbocycles. The third kappa shape index (κ3) is 4.49. The number of sulfonamides is 1. The first-order chi connectivity index (χ1) is 11.8. The number of hydrogen-bond acceptors (Lipinski definition) is 5. The summed E-state index contributed by atoms with van der Waals surface area (Å²) in [5, 5.41) is 11.3. The lowest BCUT2D eigenvalue weighted by Crippen LogP contribution is -2.48. The summed E-state index contributed by atoms with van der Waals surface area (Å²) < 4.78 is 31.8. The molecule has 1 aliphatic rings. The van der Waals surface area contributed by atoms with Crippen molar-refractivity contribution in [2.24, 2.45) is 5.92 Å². The van der Waals surface area contributed by atoms with Gasteiger partial charge < -0.3 is 15.2 Å². The number of aliphatic carboxylic acids is 1. The number of methoxy groups -OCH3 is 1. The van der Waals surface area contributed by atoms with Gasteiger partial charge in [0.05, 0.1) is 17.9 Å². The highest BCUT2D eigenvalue weighted by molar-refractivity contribution is 7.89. The summed E-state index contributed by atoms with van der Waals surface area (Å²) in [5.41, 5.74) is 0. The highest BCUT2D eigenvalue weighted by Gasteiger charge is 2.34. The molecule has 1 fully saturated rings. The van der Waals surface area contributed by atoms with Crippen LogP contribution in [0.3, 0.4) is 0 Å². The molecule has 2 N–H and O–H groups in total. The molecule has 1 aliphatic heterocycles. The lowest BCUT2D eigenvalue weighted by atomic mass is 9.98. The van der Waals surface area contributed by atoms with E-state index >= 15 is 0 Å². The van der Waals surface area contributed by atoms with Gasteiger partial charge >= 0.3 is 5.97 Å². The van der Waals surface area contributed by atoms with Crippen LogP contribution in [0.15, 0.2) is 29.2 Å². The Hall–Kier alpha value is -2.13. The van der Waals surface area contributed by atoms with Crippen LogP contribution in [0.5, 0.6) is 5.75 Å². The van der Waals surface area contributed by atoms with E-state index in [1.54, 1.807) is 12.1 Å². The number of carboxylic acids is 1. The summed E-state index contributed by atoms with van der Waals surface area (Å²) in [7, 11) is -2.22. The van der Waals surface area contributed by atoms with Crippen LogP contribution >= 0.6 is 0 Å². The summed E-state index contributed by atoms with van der Waals surface area (Å²) in [6.07, 6.45) is 1.06. The molecule has 1 heterocycles. The van der Waals surface area contributed by atoms with Gasteiger partial charge in [0.15, 0.2) is 0 Å². The van der Waals surface area contributed by atoms with Crippen LogP contribution in [0.1, 0.15) is 19.8 Å². The van der Waals surface area contributed by atoms with E-state index in [9.17, 15) is 18.0 Å². The number of piperidine rings is 1. The Bertz CT molecular complexity index is 731. The summed E-state index contributed by atoms with van der Waals surface area (Å²) in [6, 6.07) is 5.04. The molecule has 138 valence electrons. The van der Waals surface area contributed by atoms with E-state index in [1.165, 1.54) is 30.5 Å². The Balaban J connectivity index is 2.11. The van der Waals surface area contributed by atoms with Crippen molar-refractivity contribution in [3.05, 3.63) is 24.3 Å². The number of carbonyl (C=O) groups excluding carboxylic acids is 1. The largest absolute Gasteiger partial charge is 0.497 e. The summed E-state index contributed by atoms with van der Waals surface area (Å²) in [6.45, 7) is 1.73. The number of benzene rings is 1. The SMILES string of the molecule is COc1ccc(S(=O)(=O)N2CCC[C@@H](C(=O)N[C@@H](C)C(=O)O)C2)cc1. The fourth-order valence-electron chi connectivity index (χ4n) is 2.66. The van der Waals surface area contributed by atoms with Gasteiger partial charge in [-0.1, -0.05) is 0 Å². The zero-order valence-corrected chi connectivity index (χ0v) is 15.0. The Labute approximate surface area is 146 Å². The van der Waals surface area contributed by atoms with Crippen LogP contribution in [-0.2, 0) is 19.6 Å². The standard InChI is InChI=1S/C16H22N2O6S/c1-11(16(20)21)17-15(19)12-4-3-9-18(10-12)25(22,23)14-7-5-13(24-2)6-8-14/h5-8,11-12H,3-4,9-10H2,1-2H3,(H,17,19)(H,20,21)/t11-,12+/m0/s1. The molecule has 2 rings (SSSR count). The van der Waals surface area contributed by atoms with E-state index in [1.807, 2.05) is 0 Å². The second-order valence-electron chi connectivity index (χ2n) is 5.95. The molecule has 0 unspecified atom stereocenters. The highest BCUT2D eigenvalue weighted by atomic mass is 32.2. The van der Waals surface area contributed by atoms with E-state index in [0.717, 1.165) is 0 Å². The molecule has 1 aromatic rings. The number of rotatable bonds is 6. The number of nitrogens with one attached hydrogen (secondary N) is 1. The number of hydrogen-bond donors (Lipinski definition) is 2. The van der Waals surface area contributed by atoms with Crippen LogP contribution in [0.4, 0.5) is 0 Å². The maximum atomic E-state index is 12.7. The van der Waals surface area contributed by atoms with Crippen LogP contribution in [0.25, 0.3) is 0 Å². The summed E-state index contributed by atoms with van der Waals surface area (Å²) >= 11 is 0. The van der Waals surface area contributed by atoms with Gasteiger partial charge in [0.1, 0.15) is 11.8 Å². The number of carboxylic acid groups (broad SMARTS) is 1. The number of amides is 1. The van der Waals surface area contributed by atoms with Crippen molar-refractivity contribution in [2.45, 2.75) is 30.7 Å². The minimum absolute atomic E-state index is 0.0343. The smallest absolute Gasteiger partial charge is 0.325 e. The van der Waals surface area contributed by atoms with Gasteiger partial charge in [-0.2, -0.15) is 4.31 Å².